The van der Waals surface area contributed by atoms with Gasteiger partial charge in [-0.1, -0.05) is 11.7 Å². The van der Waals surface area contributed by atoms with Crippen LogP contribution in [0.2, 0.25) is 0 Å². The predicted molar refractivity (Wildman–Crippen MR) is 74.9 cm³/mol. The highest BCUT2D eigenvalue weighted by molar-refractivity contribution is 6.42. The van der Waals surface area contributed by atoms with Crippen LogP contribution in [0.1, 0.15) is 6.92 Å². The molecule has 8 heteroatoms. The summed E-state index contributed by atoms with van der Waals surface area (Å²) in [5, 5.41) is 12.3. The van der Waals surface area contributed by atoms with E-state index in [4.69, 9.17) is 14.8 Å². The average Bonchev–Trinajstić information content (AvgIpc) is 2.51. The van der Waals surface area contributed by atoms with Crippen LogP contribution in [0, 0.1) is 11.3 Å². The molecule has 0 aromatic heterocycles. The number of oxime groups is 1. The van der Waals surface area contributed by atoms with Gasteiger partial charge >= 0.3 is 5.97 Å². The molecule has 21 heavy (non-hydrogen) atoms. The van der Waals surface area contributed by atoms with Crippen molar-refractivity contribution in [1.29, 1.82) is 5.26 Å². The predicted octanol–water partition coefficient (Wildman–Crippen LogP) is 0.138. The van der Waals surface area contributed by atoms with Crippen LogP contribution in [0.25, 0.3) is 0 Å². The van der Waals surface area contributed by atoms with Gasteiger partial charge in [0.05, 0.1) is 25.6 Å². The van der Waals surface area contributed by atoms with Crippen LogP contribution in [-0.2, 0) is 19.1 Å². The summed E-state index contributed by atoms with van der Waals surface area (Å²) in [6, 6.07) is 1.64. The van der Waals surface area contributed by atoms with Crippen LogP contribution in [0.5, 0.6) is 0 Å². The van der Waals surface area contributed by atoms with E-state index in [1.807, 2.05) is 0 Å². The second kappa shape index (κ2) is 8.81. The summed E-state index contributed by atoms with van der Waals surface area (Å²) < 4.78 is 9.93. The Morgan fingerprint density at radius 3 is 2.76 bits per heavy atom. The van der Waals surface area contributed by atoms with Crippen LogP contribution >= 0.6 is 0 Å². The lowest BCUT2D eigenvalue weighted by Crippen LogP contribution is -2.40. The summed E-state index contributed by atoms with van der Waals surface area (Å²) in [6.45, 7) is 8.71. The molecule has 116 valence electrons. The molecular formula is C13H20N4O4. The van der Waals surface area contributed by atoms with E-state index in [0.717, 1.165) is 18.9 Å². The Morgan fingerprint density at radius 1 is 1.52 bits per heavy atom. The van der Waals surface area contributed by atoms with Crippen LogP contribution in [-0.4, -0.2) is 68.2 Å². The minimum absolute atomic E-state index is 0.0702. The lowest BCUT2D eigenvalue weighted by molar-refractivity contribution is -0.135. The fourth-order valence-electron chi connectivity index (χ4n) is 1.62. The normalized spacial score (nSPS) is 15.1. The van der Waals surface area contributed by atoms with Gasteiger partial charge in [-0.3, -0.25) is 0 Å². The first-order valence-electron chi connectivity index (χ1n) is 6.60. The van der Waals surface area contributed by atoms with E-state index in [1.165, 1.54) is 0 Å². The number of ether oxygens (including phenoxy) is 2. The number of nitriles is 1. The summed E-state index contributed by atoms with van der Waals surface area (Å²) in [4.78, 5) is 20.1. The second-order valence-corrected chi connectivity index (χ2v) is 4.24. The second-order valence-electron chi connectivity index (χ2n) is 4.24. The third-order valence-corrected chi connectivity index (χ3v) is 2.80. The van der Waals surface area contributed by atoms with Gasteiger partial charge in [0.15, 0.2) is 6.73 Å². The van der Waals surface area contributed by atoms with Crippen molar-refractivity contribution >= 4 is 11.7 Å². The van der Waals surface area contributed by atoms with Crippen LogP contribution in [0.3, 0.4) is 0 Å². The molecule has 0 atom stereocenters. The largest absolute Gasteiger partial charge is 0.461 e. The summed E-state index contributed by atoms with van der Waals surface area (Å²) in [5.74, 6) is -0.0298. The van der Waals surface area contributed by atoms with Gasteiger partial charge in [0.1, 0.15) is 6.07 Å². The third kappa shape index (κ3) is 5.31. The molecule has 1 heterocycles. The molecule has 0 radical (unpaired) electrons. The fourth-order valence-corrected chi connectivity index (χ4v) is 1.62. The van der Waals surface area contributed by atoms with Gasteiger partial charge in [-0.05, 0) is 6.92 Å². The van der Waals surface area contributed by atoms with Gasteiger partial charge in [0.25, 0.3) is 5.71 Å². The number of carbonyl (C=O) groups excluding carboxylic acids is 1. The zero-order chi connectivity index (χ0) is 15.7. The first-order chi connectivity index (χ1) is 10.1. The minimum Gasteiger partial charge on any atom is -0.461 e. The molecule has 0 aromatic rings. The maximum absolute atomic E-state index is 11.3. The molecule has 1 aliphatic rings. The van der Waals surface area contributed by atoms with Gasteiger partial charge in [-0.2, -0.15) is 5.26 Å². The van der Waals surface area contributed by atoms with E-state index in [1.54, 1.807) is 24.9 Å². The highest BCUT2D eigenvalue weighted by Crippen LogP contribution is 2.09. The third-order valence-electron chi connectivity index (χ3n) is 2.80. The molecule has 0 bridgehead atoms. The minimum atomic E-state index is -0.797. The molecule has 0 aromatic carbocycles. The Balaban J connectivity index is 2.44. The zero-order valence-electron chi connectivity index (χ0n) is 12.4. The van der Waals surface area contributed by atoms with E-state index in [2.05, 4.69) is 21.4 Å². The molecule has 1 fully saturated rings. The Hall–Kier alpha value is -2.27. The van der Waals surface area contributed by atoms with Crippen LogP contribution in [0.4, 0.5) is 0 Å². The molecule has 0 amide bonds. The van der Waals surface area contributed by atoms with Crippen molar-refractivity contribution < 1.29 is 19.1 Å². The Morgan fingerprint density at radius 2 is 2.19 bits per heavy atom. The lowest BCUT2D eigenvalue weighted by atomic mass is 10.4. The molecule has 1 aliphatic heterocycles. The highest BCUT2D eigenvalue weighted by atomic mass is 16.6. The summed E-state index contributed by atoms with van der Waals surface area (Å²) >= 11 is 0. The number of nitrogens with zero attached hydrogens (tertiary/aromatic N) is 4. The number of carbonyl (C=O) groups is 1. The van der Waals surface area contributed by atoms with E-state index in [0.29, 0.717) is 13.2 Å². The molecule has 0 unspecified atom stereocenters. The van der Waals surface area contributed by atoms with Gasteiger partial charge < -0.3 is 24.1 Å². The summed E-state index contributed by atoms with van der Waals surface area (Å²) in [5.41, 5.74) is -0.415. The smallest absolute Gasteiger partial charge is 0.371 e. The van der Waals surface area contributed by atoms with Crippen molar-refractivity contribution in [2.75, 3.05) is 46.7 Å². The Kier molecular flexibility index (Phi) is 7.04. The van der Waals surface area contributed by atoms with E-state index in [9.17, 15) is 4.79 Å². The molecule has 0 saturated carbocycles. The molecular weight excluding hydrogens is 276 g/mol. The number of esters is 1. The molecule has 1 saturated heterocycles. The monoisotopic (exact) mass is 296 g/mol. The number of hydrogen-bond donors (Lipinski definition) is 0. The Labute approximate surface area is 124 Å². The van der Waals surface area contributed by atoms with Gasteiger partial charge in [0, 0.05) is 20.1 Å². The van der Waals surface area contributed by atoms with Crippen molar-refractivity contribution in [2.24, 2.45) is 5.16 Å². The quantitative estimate of drug-likeness (QED) is 0.286. The molecule has 0 N–H and O–H groups in total. The molecule has 0 spiro atoms. The summed E-state index contributed by atoms with van der Waals surface area (Å²) in [6.07, 6.45) is 0. The molecule has 8 nitrogen and oxygen atoms in total. The SMILES string of the molecule is C=C(N(C)CO/N=C(\C#N)C(=O)OCC)N1CCOCC1. The molecule has 0 aliphatic carbocycles. The summed E-state index contributed by atoms with van der Waals surface area (Å²) in [7, 11) is 1.78. The first-order valence-corrected chi connectivity index (χ1v) is 6.60. The van der Waals surface area contributed by atoms with Gasteiger partial charge in [-0.25, -0.2) is 4.79 Å². The van der Waals surface area contributed by atoms with Crippen LogP contribution < -0.4 is 0 Å². The maximum Gasteiger partial charge on any atom is 0.371 e. The standard InChI is InChI=1S/C13H20N4O4/c1-4-20-13(18)12(9-14)15-21-10-16(3)11(2)17-5-7-19-8-6-17/h2,4-8,10H2,1,3H3/b15-12+. The number of rotatable bonds is 7. The Bertz CT molecular complexity index is 438. The fraction of sp³-hybridized carbons (Fsp3) is 0.615. The van der Waals surface area contributed by atoms with Crippen molar-refractivity contribution in [3.05, 3.63) is 12.4 Å². The van der Waals surface area contributed by atoms with E-state index in [-0.39, 0.29) is 13.3 Å². The molecule has 1 rings (SSSR count). The number of hydrogen-bond acceptors (Lipinski definition) is 8. The van der Waals surface area contributed by atoms with Crippen molar-refractivity contribution in [2.45, 2.75) is 6.92 Å². The number of morpholine rings is 1. The topological polar surface area (TPSA) is 87.4 Å². The lowest BCUT2D eigenvalue weighted by Gasteiger charge is -2.34. The van der Waals surface area contributed by atoms with Gasteiger partial charge in [-0.15, -0.1) is 0 Å². The maximum atomic E-state index is 11.3. The van der Waals surface area contributed by atoms with Crippen LogP contribution in [0.15, 0.2) is 17.6 Å². The van der Waals surface area contributed by atoms with E-state index < -0.39 is 11.7 Å². The van der Waals surface area contributed by atoms with Crippen molar-refractivity contribution in [1.82, 2.24) is 9.80 Å². The first kappa shape index (κ1) is 16.8. The highest BCUT2D eigenvalue weighted by Gasteiger charge is 2.16. The van der Waals surface area contributed by atoms with Crippen molar-refractivity contribution in [3.63, 3.8) is 0 Å². The average molecular weight is 296 g/mol. The van der Waals surface area contributed by atoms with Gasteiger partial charge in [0.2, 0.25) is 0 Å². The zero-order valence-corrected chi connectivity index (χ0v) is 12.4. The van der Waals surface area contributed by atoms with E-state index >= 15 is 0 Å². The van der Waals surface area contributed by atoms with Crippen molar-refractivity contribution in [3.8, 4) is 6.07 Å².